The van der Waals surface area contributed by atoms with Crippen LogP contribution >= 0.6 is 0 Å². The van der Waals surface area contributed by atoms with E-state index >= 15 is 0 Å². The van der Waals surface area contributed by atoms with Crippen LogP contribution in [0, 0.1) is 5.92 Å². The number of nitrogens with one attached hydrogen (secondary N) is 1. The number of carbonyl (C=O) groups is 3. The Morgan fingerprint density at radius 3 is 2.67 bits per heavy atom. The van der Waals surface area contributed by atoms with E-state index in [0.29, 0.717) is 19.5 Å². The predicted octanol–water partition coefficient (Wildman–Crippen LogP) is 0.526. The normalized spacial score (nSPS) is 19.5. The van der Waals surface area contributed by atoms with E-state index in [9.17, 15) is 14.4 Å². The van der Waals surface area contributed by atoms with E-state index in [0.717, 1.165) is 6.42 Å². The molecule has 0 radical (unpaired) electrons. The number of piperidine rings is 1. The molecule has 1 rings (SSSR count). The highest BCUT2D eigenvalue weighted by molar-refractivity contribution is 5.85. The van der Waals surface area contributed by atoms with Gasteiger partial charge < -0.3 is 20.2 Å². The van der Waals surface area contributed by atoms with Gasteiger partial charge >= 0.3 is 12.0 Å². The Balaban J connectivity index is 2.63. The molecule has 0 spiro atoms. The summed E-state index contributed by atoms with van der Waals surface area (Å²) in [6.07, 6.45) is 3.02. The van der Waals surface area contributed by atoms with Crippen LogP contribution in [0.2, 0.25) is 0 Å². The lowest BCUT2D eigenvalue weighted by Crippen LogP contribution is -2.51. The van der Waals surface area contributed by atoms with Crippen molar-refractivity contribution in [1.82, 2.24) is 15.1 Å². The Labute approximate surface area is 124 Å². The molecular formula is C14H23N3O4. The molecule has 118 valence electrons. The molecule has 1 aliphatic heterocycles. The third kappa shape index (κ3) is 4.77. The molecule has 1 heterocycles. The lowest BCUT2D eigenvalue weighted by molar-refractivity contribution is -0.142. The highest BCUT2D eigenvalue weighted by Crippen LogP contribution is 2.18. The van der Waals surface area contributed by atoms with Gasteiger partial charge in [0.1, 0.15) is 6.04 Å². The van der Waals surface area contributed by atoms with Crippen LogP contribution in [0.5, 0.6) is 0 Å². The van der Waals surface area contributed by atoms with Crippen molar-refractivity contribution in [3.05, 3.63) is 12.7 Å². The summed E-state index contributed by atoms with van der Waals surface area (Å²) in [6.45, 7) is 4.43. The Bertz CT molecular complexity index is 422. The van der Waals surface area contributed by atoms with Gasteiger partial charge in [-0.15, -0.1) is 6.58 Å². The van der Waals surface area contributed by atoms with E-state index in [2.05, 4.69) is 11.9 Å². The molecule has 1 saturated heterocycles. The summed E-state index contributed by atoms with van der Waals surface area (Å²) < 4.78 is 0. The van der Waals surface area contributed by atoms with Gasteiger partial charge in [0, 0.05) is 27.2 Å². The fourth-order valence-electron chi connectivity index (χ4n) is 2.33. The number of amides is 3. The van der Waals surface area contributed by atoms with Crippen LogP contribution < -0.4 is 5.32 Å². The first-order chi connectivity index (χ1) is 9.86. The van der Waals surface area contributed by atoms with Crippen LogP contribution in [0.4, 0.5) is 4.79 Å². The second-order valence-electron chi connectivity index (χ2n) is 5.39. The molecule has 0 aliphatic carbocycles. The van der Waals surface area contributed by atoms with Crippen LogP contribution in [0.25, 0.3) is 0 Å². The molecule has 3 amide bonds. The van der Waals surface area contributed by atoms with Gasteiger partial charge in [-0.25, -0.2) is 9.59 Å². The van der Waals surface area contributed by atoms with Crippen molar-refractivity contribution in [2.24, 2.45) is 5.92 Å². The molecule has 0 bridgehead atoms. The molecule has 0 aromatic rings. The van der Waals surface area contributed by atoms with Gasteiger partial charge in [-0.3, -0.25) is 4.79 Å². The van der Waals surface area contributed by atoms with Crippen molar-refractivity contribution in [2.45, 2.75) is 25.3 Å². The summed E-state index contributed by atoms with van der Waals surface area (Å²) in [5.41, 5.74) is 0. The molecule has 1 fully saturated rings. The Morgan fingerprint density at radius 2 is 2.14 bits per heavy atom. The van der Waals surface area contributed by atoms with Crippen molar-refractivity contribution in [3.63, 3.8) is 0 Å². The van der Waals surface area contributed by atoms with E-state index in [1.165, 1.54) is 11.0 Å². The quantitative estimate of drug-likeness (QED) is 0.724. The molecule has 1 aliphatic rings. The summed E-state index contributed by atoms with van der Waals surface area (Å²) in [6, 6.07) is -1.09. The zero-order chi connectivity index (χ0) is 16.0. The van der Waals surface area contributed by atoms with Gasteiger partial charge in [0.05, 0.1) is 5.92 Å². The number of carboxylic acid groups (broad SMARTS) is 1. The SMILES string of the molecule is C=CCC(NC(=O)C1CCCN(C(=O)N(C)C)C1)C(=O)O. The number of aliphatic carboxylic acids is 1. The van der Waals surface area contributed by atoms with Crippen molar-refractivity contribution in [3.8, 4) is 0 Å². The van der Waals surface area contributed by atoms with Crippen LogP contribution in [0.3, 0.4) is 0 Å². The van der Waals surface area contributed by atoms with Crippen LogP contribution in [-0.4, -0.2) is 66.0 Å². The first-order valence-electron chi connectivity index (χ1n) is 6.97. The number of carboxylic acids is 1. The largest absolute Gasteiger partial charge is 0.480 e. The van der Waals surface area contributed by atoms with Crippen LogP contribution in [-0.2, 0) is 9.59 Å². The van der Waals surface area contributed by atoms with Gasteiger partial charge in [0.25, 0.3) is 0 Å². The van der Waals surface area contributed by atoms with E-state index < -0.39 is 12.0 Å². The predicted molar refractivity (Wildman–Crippen MR) is 77.8 cm³/mol. The summed E-state index contributed by atoms with van der Waals surface area (Å²) in [4.78, 5) is 38.2. The molecule has 2 unspecified atom stereocenters. The highest BCUT2D eigenvalue weighted by atomic mass is 16.4. The summed E-state index contributed by atoms with van der Waals surface area (Å²) in [5, 5.41) is 11.5. The third-order valence-electron chi connectivity index (χ3n) is 3.46. The van der Waals surface area contributed by atoms with E-state index in [4.69, 9.17) is 5.11 Å². The number of rotatable bonds is 5. The lowest BCUT2D eigenvalue weighted by atomic mass is 9.96. The second kappa shape index (κ2) is 7.66. The summed E-state index contributed by atoms with van der Waals surface area (Å²) in [5.74, 6) is -1.77. The maximum absolute atomic E-state index is 12.2. The molecule has 7 nitrogen and oxygen atoms in total. The minimum absolute atomic E-state index is 0.131. The Hall–Kier alpha value is -2.05. The maximum atomic E-state index is 12.2. The summed E-state index contributed by atoms with van der Waals surface area (Å²) >= 11 is 0. The van der Waals surface area contributed by atoms with E-state index in [-0.39, 0.29) is 24.3 Å². The van der Waals surface area contributed by atoms with Gasteiger partial charge in [-0.05, 0) is 19.3 Å². The molecule has 2 atom stereocenters. The fourth-order valence-corrected chi connectivity index (χ4v) is 2.33. The van der Waals surface area contributed by atoms with Crippen molar-refractivity contribution < 1.29 is 19.5 Å². The first kappa shape index (κ1) is 17.0. The monoisotopic (exact) mass is 297 g/mol. The summed E-state index contributed by atoms with van der Waals surface area (Å²) in [7, 11) is 3.33. The minimum atomic E-state index is -1.08. The number of hydrogen-bond donors (Lipinski definition) is 2. The Kier molecular flexibility index (Phi) is 6.20. The van der Waals surface area contributed by atoms with E-state index in [1.807, 2.05) is 0 Å². The minimum Gasteiger partial charge on any atom is -0.480 e. The highest BCUT2D eigenvalue weighted by Gasteiger charge is 2.31. The van der Waals surface area contributed by atoms with Crippen molar-refractivity contribution in [1.29, 1.82) is 0 Å². The zero-order valence-electron chi connectivity index (χ0n) is 12.5. The number of hydrogen-bond acceptors (Lipinski definition) is 3. The molecular weight excluding hydrogens is 274 g/mol. The van der Waals surface area contributed by atoms with Crippen LogP contribution in [0.1, 0.15) is 19.3 Å². The Morgan fingerprint density at radius 1 is 1.48 bits per heavy atom. The van der Waals surface area contributed by atoms with Crippen molar-refractivity contribution in [2.75, 3.05) is 27.2 Å². The maximum Gasteiger partial charge on any atom is 0.326 e. The third-order valence-corrected chi connectivity index (χ3v) is 3.46. The average molecular weight is 297 g/mol. The molecule has 2 N–H and O–H groups in total. The molecule has 0 aromatic carbocycles. The second-order valence-corrected chi connectivity index (χ2v) is 5.39. The van der Waals surface area contributed by atoms with Crippen molar-refractivity contribution >= 4 is 17.9 Å². The molecule has 7 heteroatoms. The van der Waals surface area contributed by atoms with Gasteiger partial charge in [0.15, 0.2) is 0 Å². The van der Waals surface area contributed by atoms with Crippen LogP contribution in [0.15, 0.2) is 12.7 Å². The number of carbonyl (C=O) groups excluding carboxylic acids is 2. The number of nitrogens with zero attached hydrogens (tertiary/aromatic N) is 2. The number of likely N-dealkylation sites (tertiary alicyclic amines) is 1. The first-order valence-corrected chi connectivity index (χ1v) is 6.97. The van der Waals surface area contributed by atoms with Gasteiger partial charge in [0.2, 0.25) is 5.91 Å². The van der Waals surface area contributed by atoms with E-state index in [1.54, 1.807) is 19.0 Å². The lowest BCUT2D eigenvalue weighted by Gasteiger charge is -2.34. The molecule has 0 saturated carbocycles. The standard InChI is InChI=1S/C14H23N3O4/c1-4-6-11(13(19)20)15-12(18)10-7-5-8-17(9-10)14(21)16(2)3/h4,10-11H,1,5-9H2,2-3H3,(H,15,18)(H,19,20). The van der Waals surface area contributed by atoms with Gasteiger partial charge in [-0.1, -0.05) is 6.08 Å². The van der Waals surface area contributed by atoms with Gasteiger partial charge in [-0.2, -0.15) is 0 Å². The smallest absolute Gasteiger partial charge is 0.326 e. The number of urea groups is 1. The fraction of sp³-hybridized carbons (Fsp3) is 0.643. The topological polar surface area (TPSA) is 90.0 Å². The average Bonchev–Trinajstić information content (AvgIpc) is 2.45. The molecule has 21 heavy (non-hydrogen) atoms. The zero-order valence-corrected chi connectivity index (χ0v) is 12.5. The molecule has 0 aromatic heterocycles.